The van der Waals surface area contributed by atoms with Gasteiger partial charge in [-0.25, -0.2) is 4.98 Å². The Kier molecular flexibility index (Phi) is 1.65. The highest BCUT2D eigenvalue weighted by atomic mass is 32.1. The molecule has 1 aliphatic rings. The lowest BCUT2D eigenvalue weighted by atomic mass is 10.5. The number of carbonyl (C=O) groups excluding carboxylic acids is 1. The van der Waals surface area contributed by atoms with Gasteiger partial charge in [0.15, 0.2) is 5.82 Å². The van der Waals surface area contributed by atoms with Crippen LogP contribution >= 0.6 is 11.3 Å². The number of hydrogen-bond donors (Lipinski definition) is 1. The van der Waals surface area contributed by atoms with Crippen molar-refractivity contribution in [2.45, 2.75) is 6.92 Å². The number of carbonyl (C=O) groups is 1. The normalized spacial score (nSPS) is 15.2. The molecule has 5 heteroatoms. The Bertz CT molecular complexity index is 356. The van der Waals surface area contributed by atoms with Crippen molar-refractivity contribution in [2.24, 2.45) is 4.99 Å². The molecule has 1 N–H and O–H groups in total. The Morgan fingerprint density at radius 1 is 1.67 bits per heavy atom. The van der Waals surface area contributed by atoms with Gasteiger partial charge < -0.3 is 5.32 Å². The lowest BCUT2D eigenvalue weighted by molar-refractivity contribution is -0.114. The minimum absolute atomic E-state index is 0.102. The van der Waals surface area contributed by atoms with Crippen molar-refractivity contribution in [3.05, 3.63) is 9.88 Å². The Morgan fingerprint density at radius 3 is 3.33 bits per heavy atom. The smallest absolute Gasteiger partial charge is 0.247 e. The predicted octanol–water partition coefficient (Wildman–Crippen LogP) is 0.823. The number of aromatic nitrogens is 1. The van der Waals surface area contributed by atoms with Crippen molar-refractivity contribution in [2.75, 3.05) is 11.9 Å². The Morgan fingerprint density at radius 2 is 2.50 bits per heavy atom. The highest BCUT2D eigenvalue weighted by Gasteiger charge is 2.12. The van der Waals surface area contributed by atoms with Crippen LogP contribution in [0.4, 0.5) is 5.82 Å². The van der Waals surface area contributed by atoms with Crippen molar-refractivity contribution in [3.8, 4) is 0 Å². The second kappa shape index (κ2) is 2.67. The number of nitrogens with zero attached hydrogens (tertiary/aromatic N) is 2. The van der Waals surface area contributed by atoms with Crippen LogP contribution in [-0.4, -0.2) is 23.7 Å². The van der Waals surface area contributed by atoms with Gasteiger partial charge in [-0.3, -0.25) is 9.79 Å². The number of nitrogens with one attached hydrogen (secondary N) is 1. The van der Waals surface area contributed by atoms with Gasteiger partial charge in [0.1, 0.15) is 6.54 Å². The highest BCUT2D eigenvalue weighted by Crippen LogP contribution is 2.21. The van der Waals surface area contributed by atoms with E-state index in [1.54, 1.807) is 6.21 Å². The van der Waals surface area contributed by atoms with Gasteiger partial charge in [-0.2, -0.15) is 0 Å². The van der Waals surface area contributed by atoms with Crippen LogP contribution in [0.15, 0.2) is 4.99 Å². The molecule has 2 rings (SSSR count). The van der Waals surface area contributed by atoms with E-state index in [2.05, 4.69) is 15.3 Å². The number of aryl methyl sites for hydroxylation is 1. The number of hydrogen-bond acceptors (Lipinski definition) is 4. The minimum Gasteiger partial charge on any atom is -0.308 e. The van der Waals surface area contributed by atoms with Gasteiger partial charge in [-0.15, -0.1) is 11.3 Å². The molecule has 0 bridgehead atoms. The molecule has 0 fully saturated rings. The SMILES string of the molecule is Cc1nc2c(s1)C=NCC(=O)N2. The molecule has 4 nitrogen and oxygen atoms in total. The summed E-state index contributed by atoms with van der Waals surface area (Å²) in [6.07, 6.45) is 1.69. The average molecular weight is 181 g/mol. The molecule has 0 spiro atoms. The first-order valence-electron chi connectivity index (χ1n) is 3.53. The second-order valence-corrected chi connectivity index (χ2v) is 3.70. The van der Waals surface area contributed by atoms with Crippen molar-refractivity contribution in [3.63, 3.8) is 0 Å². The molecule has 0 atom stereocenters. The van der Waals surface area contributed by atoms with E-state index in [1.807, 2.05) is 6.92 Å². The fourth-order valence-corrected chi connectivity index (χ4v) is 1.78. The van der Waals surface area contributed by atoms with Gasteiger partial charge in [0.2, 0.25) is 5.91 Å². The second-order valence-electron chi connectivity index (χ2n) is 2.46. The van der Waals surface area contributed by atoms with Crippen molar-refractivity contribution < 1.29 is 4.79 Å². The van der Waals surface area contributed by atoms with Crippen LogP contribution in [0.2, 0.25) is 0 Å². The van der Waals surface area contributed by atoms with E-state index in [-0.39, 0.29) is 12.5 Å². The first-order valence-corrected chi connectivity index (χ1v) is 4.34. The van der Waals surface area contributed by atoms with Gasteiger partial charge in [0.25, 0.3) is 0 Å². The third kappa shape index (κ3) is 1.23. The molecule has 0 saturated carbocycles. The lowest BCUT2D eigenvalue weighted by Gasteiger charge is -1.95. The van der Waals surface area contributed by atoms with Crippen molar-refractivity contribution >= 4 is 29.3 Å². The van der Waals surface area contributed by atoms with Gasteiger partial charge in [-0.1, -0.05) is 0 Å². The number of rotatable bonds is 0. The number of thiazole rings is 1. The maximum Gasteiger partial charge on any atom is 0.247 e. The summed E-state index contributed by atoms with van der Waals surface area (Å²) in [7, 11) is 0. The number of fused-ring (bicyclic) bond motifs is 1. The predicted molar refractivity (Wildman–Crippen MR) is 47.9 cm³/mol. The van der Waals surface area contributed by atoms with Crippen LogP contribution in [0.5, 0.6) is 0 Å². The van der Waals surface area contributed by atoms with Crippen molar-refractivity contribution in [1.29, 1.82) is 0 Å². The monoisotopic (exact) mass is 181 g/mol. The third-order valence-corrected chi connectivity index (χ3v) is 2.37. The van der Waals surface area contributed by atoms with Crippen LogP contribution in [-0.2, 0) is 4.79 Å². The largest absolute Gasteiger partial charge is 0.308 e. The van der Waals surface area contributed by atoms with E-state index in [0.29, 0.717) is 5.82 Å². The summed E-state index contributed by atoms with van der Waals surface area (Å²) in [5, 5.41) is 3.62. The van der Waals surface area contributed by atoms with Crippen LogP contribution in [0.3, 0.4) is 0 Å². The Labute approximate surface area is 73.4 Å². The maximum absolute atomic E-state index is 11.0. The quantitative estimate of drug-likeness (QED) is 0.644. The van der Waals surface area contributed by atoms with E-state index in [9.17, 15) is 4.79 Å². The summed E-state index contributed by atoms with van der Waals surface area (Å²) in [6, 6.07) is 0. The number of amides is 1. The summed E-state index contributed by atoms with van der Waals surface area (Å²) < 4.78 is 0. The molecule has 0 aliphatic carbocycles. The first-order chi connectivity index (χ1) is 5.75. The molecule has 0 unspecified atom stereocenters. The number of aliphatic imine (C=N–C) groups is 1. The zero-order valence-corrected chi connectivity index (χ0v) is 7.31. The summed E-state index contributed by atoms with van der Waals surface area (Å²) in [6.45, 7) is 2.10. The summed E-state index contributed by atoms with van der Waals surface area (Å²) >= 11 is 1.53. The molecule has 0 aromatic carbocycles. The fraction of sp³-hybridized carbons (Fsp3) is 0.286. The molecule has 1 aromatic heterocycles. The molecule has 62 valence electrons. The van der Waals surface area contributed by atoms with E-state index >= 15 is 0 Å². The zero-order valence-electron chi connectivity index (χ0n) is 6.50. The zero-order chi connectivity index (χ0) is 8.55. The topological polar surface area (TPSA) is 54.4 Å². The summed E-state index contributed by atoms with van der Waals surface area (Å²) in [4.78, 5) is 20.0. The molecule has 1 amide bonds. The average Bonchev–Trinajstić information content (AvgIpc) is 2.23. The van der Waals surface area contributed by atoms with Crippen LogP contribution < -0.4 is 5.32 Å². The van der Waals surface area contributed by atoms with Gasteiger partial charge >= 0.3 is 0 Å². The molecule has 2 heterocycles. The Hall–Kier alpha value is -1.23. The van der Waals surface area contributed by atoms with Gasteiger partial charge in [-0.05, 0) is 6.92 Å². The fourth-order valence-electron chi connectivity index (χ4n) is 1.00. The van der Waals surface area contributed by atoms with Crippen LogP contribution in [0.1, 0.15) is 9.88 Å². The molecule has 12 heavy (non-hydrogen) atoms. The summed E-state index contributed by atoms with van der Waals surface area (Å²) in [5.74, 6) is 0.541. The number of anilines is 1. The lowest BCUT2D eigenvalue weighted by Crippen LogP contribution is -2.13. The van der Waals surface area contributed by atoms with E-state index in [0.717, 1.165) is 9.88 Å². The van der Waals surface area contributed by atoms with Gasteiger partial charge in [0, 0.05) is 6.21 Å². The van der Waals surface area contributed by atoms with Crippen LogP contribution in [0.25, 0.3) is 0 Å². The molecular formula is C7H7N3OS. The standard InChI is InChI=1S/C7H7N3OS/c1-4-9-7-5(12-4)2-8-3-6(11)10-7/h2H,3H2,1H3,(H,10,11). The van der Waals surface area contributed by atoms with Crippen molar-refractivity contribution in [1.82, 2.24) is 4.98 Å². The van der Waals surface area contributed by atoms with Crippen LogP contribution in [0, 0.1) is 6.92 Å². The molecule has 0 radical (unpaired) electrons. The molecule has 1 aliphatic heterocycles. The van der Waals surface area contributed by atoms with E-state index in [4.69, 9.17) is 0 Å². The Balaban J connectivity index is 2.47. The highest BCUT2D eigenvalue weighted by molar-refractivity contribution is 7.13. The van der Waals surface area contributed by atoms with Gasteiger partial charge in [0.05, 0.1) is 9.88 Å². The molecule has 1 aromatic rings. The molecule has 0 saturated heterocycles. The first kappa shape index (κ1) is 7.42. The van der Waals surface area contributed by atoms with E-state index < -0.39 is 0 Å². The van der Waals surface area contributed by atoms with E-state index in [1.165, 1.54) is 11.3 Å². The minimum atomic E-state index is -0.102. The maximum atomic E-state index is 11.0. The molecular weight excluding hydrogens is 174 g/mol. The summed E-state index contributed by atoms with van der Waals surface area (Å²) in [5.41, 5.74) is 0. The third-order valence-electron chi connectivity index (χ3n) is 1.46.